The summed E-state index contributed by atoms with van der Waals surface area (Å²) in [6, 6.07) is 3.18. The maximum atomic E-state index is 12.9. The van der Waals surface area contributed by atoms with E-state index in [0.29, 0.717) is 5.56 Å². The van der Waals surface area contributed by atoms with Gasteiger partial charge in [-0.1, -0.05) is 5.16 Å². The third kappa shape index (κ3) is 2.85. The lowest BCUT2D eigenvalue weighted by atomic mass is 10.1. The summed E-state index contributed by atoms with van der Waals surface area (Å²) in [6.07, 6.45) is -0.717. The van der Waals surface area contributed by atoms with Crippen LogP contribution in [0.4, 0.5) is 8.78 Å². The molecule has 6 heteroatoms. The topological polar surface area (TPSA) is 59.2 Å². The molecule has 1 aromatic heterocycles. The summed E-state index contributed by atoms with van der Waals surface area (Å²) < 4.78 is 30.6. The van der Waals surface area contributed by atoms with E-state index in [2.05, 4.69) is 10.1 Å². The van der Waals surface area contributed by atoms with Gasteiger partial charge in [-0.15, -0.1) is 0 Å². The number of aliphatic hydroxyl groups is 1. The van der Waals surface area contributed by atoms with Gasteiger partial charge in [-0.3, -0.25) is 0 Å². The van der Waals surface area contributed by atoms with Crippen molar-refractivity contribution >= 4 is 0 Å². The van der Waals surface area contributed by atoms with E-state index in [4.69, 9.17) is 4.52 Å². The van der Waals surface area contributed by atoms with Crippen LogP contribution in [0.15, 0.2) is 22.7 Å². The van der Waals surface area contributed by atoms with Gasteiger partial charge in [0.05, 0.1) is 0 Å². The number of halogens is 2. The van der Waals surface area contributed by atoms with E-state index < -0.39 is 17.7 Å². The molecule has 0 radical (unpaired) electrons. The number of hydrogen-bond acceptors (Lipinski definition) is 4. The minimum Gasteiger partial charge on any atom is -0.384 e. The fourth-order valence-electron chi connectivity index (χ4n) is 1.40. The molecule has 1 atom stereocenters. The third-order valence-electron chi connectivity index (χ3n) is 2.13. The summed E-state index contributed by atoms with van der Waals surface area (Å²) in [5, 5.41) is 12.8. The van der Waals surface area contributed by atoms with Gasteiger partial charge < -0.3 is 9.63 Å². The van der Waals surface area contributed by atoms with Crippen molar-refractivity contribution in [2.24, 2.45) is 0 Å². The molecule has 0 saturated carbocycles. The van der Waals surface area contributed by atoms with Crippen molar-refractivity contribution in [2.75, 3.05) is 0 Å². The highest BCUT2D eigenvalue weighted by Gasteiger charge is 2.12. The van der Waals surface area contributed by atoms with Crippen molar-refractivity contribution in [3.63, 3.8) is 0 Å². The summed E-state index contributed by atoms with van der Waals surface area (Å²) in [5.74, 6) is -0.957. The van der Waals surface area contributed by atoms with Crippen molar-refractivity contribution in [3.8, 4) is 0 Å². The van der Waals surface area contributed by atoms with Gasteiger partial charge in [0.1, 0.15) is 17.7 Å². The lowest BCUT2D eigenvalue weighted by Crippen LogP contribution is -1.95. The first kappa shape index (κ1) is 11.7. The highest BCUT2D eigenvalue weighted by molar-refractivity contribution is 5.21. The van der Waals surface area contributed by atoms with Crippen LogP contribution in [-0.2, 0) is 6.42 Å². The molecule has 0 bridgehead atoms. The first-order valence-corrected chi connectivity index (χ1v) is 5.00. The minimum atomic E-state index is -0.861. The number of rotatable bonds is 3. The number of aliphatic hydroxyl groups excluding tert-OH is 1. The Bertz CT molecular complexity index is 506. The molecule has 1 heterocycles. The monoisotopic (exact) mass is 240 g/mol. The lowest BCUT2D eigenvalue weighted by molar-refractivity contribution is 0.151. The molecule has 0 aliphatic carbocycles. The fourth-order valence-corrected chi connectivity index (χ4v) is 1.40. The second kappa shape index (κ2) is 4.58. The van der Waals surface area contributed by atoms with Crippen LogP contribution in [0.3, 0.4) is 0 Å². The minimum absolute atomic E-state index is 0.0804. The van der Waals surface area contributed by atoms with Crippen LogP contribution < -0.4 is 0 Å². The smallest absolute Gasteiger partial charge is 0.255 e. The van der Waals surface area contributed by atoms with Crippen molar-refractivity contribution in [3.05, 3.63) is 47.1 Å². The average Bonchev–Trinajstić information content (AvgIpc) is 2.64. The molecule has 4 nitrogen and oxygen atoms in total. The molecule has 1 aromatic carbocycles. The van der Waals surface area contributed by atoms with E-state index in [1.165, 1.54) is 19.1 Å². The van der Waals surface area contributed by atoms with Gasteiger partial charge in [0, 0.05) is 12.5 Å². The zero-order chi connectivity index (χ0) is 12.4. The average molecular weight is 240 g/mol. The molecule has 2 aromatic rings. The fraction of sp³-hybridized carbons (Fsp3) is 0.273. The van der Waals surface area contributed by atoms with Crippen molar-refractivity contribution in [2.45, 2.75) is 19.4 Å². The quantitative estimate of drug-likeness (QED) is 0.891. The molecular weight excluding hydrogens is 230 g/mol. The standard InChI is InChI=1S/C11H10F2N2O2/c1-6(16)11-14-10(15-17-11)4-7-2-8(12)5-9(13)3-7/h2-3,5-6,16H,4H2,1H3/t6-/m0/s1. The molecule has 0 spiro atoms. The molecule has 0 fully saturated rings. The summed E-state index contributed by atoms with van der Waals surface area (Å²) in [7, 11) is 0. The molecule has 17 heavy (non-hydrogen) atoms. The molecule has 0 amide bonds. The predicted octanol–water partition coefficient (Wildman–Crippen LogP) is 1.99. The van der Waals surface area contributed by atoms with Crippen LogP contribution >= 0.6 is 0 Å². The van der Waals surface area contributed by atoms with Crippen LogP contribution in [0.1, 0.15) is 30.3 Å². The molecule has 1 N–H and O–H groups in total. The normalized spacial score (nSPS) is 12.7. The van der Waals surface area contributed by atoms with E-state index in [9.17, 15) is 13.9 Å². The Morgan fingerprint density at radius 3 is 2.47 bits per heavy atom. The van der Waals surface area contributed by atoms with Gasteiger partial charge >= 0.3 is 0 Å². The highest BCUT2D eigenvalue weighted by Crippen LogP contribution is 2.13. The SMILES string of the molecule is C[C@H](O)c1nc(Cc2cc(F)cc(F)c2)no1. The Labute approximate surface area is 95.9 Å². The molecule has 0 aliphatic heterocycles. The second-order valence-corrected chi connectivity index (χ2v) is 3.68. The Morgan fingerprint density at radius 1 is 1.29 bits per heavy atom. The van der Waals surface area contributed by atoms with Gasteiger partial charge in [-0.25, -0.2) is 8.78 Å². The van der Waals surface area contributed by atoms with Crippen LogP contribution in [0.2, 0.25) is 0 Å². The van der Waals surface area contributed by atoms with E-state index in [-0.39, 0.29) is 18.1 Å². The maximum Gasteiger partial charge on any atom is 0.255 e. The lowest BCUT2D eigenvalue weighted by Gasteiger charge is -1.98. The van der Waals surface area contributed by atoms with Gasteiger partial charge in [-0.05, 0) is 24.6 Å². The van der Waals surface area contributed by atoms with Crippen molar-refractivity contribution in [1.82, 2.24) is 10.1 Å². The van der Waals surface area contributed by atoms with Gasteiger partial charge in [0.2, 0.25) is 0 Å². The van der Waals surface area contributed by atoms with Crippen LogP contribution in [0.25, 0.3) is 0 Å². The van der Waals surface area contributed by atoms with Crippen LogP contribution in [0, 0.1) is 11.6 Å². The van der Waals surface area contributed by atoms with E-state index >= 15 is 0 Å². The van der Waals surface area contributed by atoms with Gasteiger partial charge in [-0.2, -0.15) is 4.98 Å². The summed E-state index contributed by atoms with van der Waals surface area (Å²) in [4.78, 5) is 3.89. The van der Waals surface area contributed by atoms with E-state index in [1.807, 2.05) is 0 Å². The summed E-state index contributed by atoms with van der Waals surface area (Å²) in [5.41, 5.74) is 0.403. The summed E-state index contributed by atoms with van der Waals surface area (Å²) in [6.45, 7) is 1.49. The Morgan fingerprint density at radius 2 is 1.94 bits per heavy atom. The largest absolute Gasteiger partial charge is 0.384 e. The Hall–Kier alpha value is -1.82. The number of hydrogen-bond donors (Lipinski definition) is 1. The first-order valence-electron chi connectivity index (χ1n) is 5.00. The molecular formula is C11H10F2N2O2. The van der Waals surface area contributed by atoms with Crippen LogP contribution in [-0.4, -0.2) is 15.2 Å². The summed E-state index contributed by atoms with van der Waals surface area (Å²) >= 11 is 0. The molecule has 0 aliphatic rings. The van der Waals surface area contributed by atoms with Crippen molar-refractivity contribution in [1.29, 1.82) is 0 Å². The van der Waals surface area contributed by atoms with E-state index in [0.717, 1.165) is 6.07 Å². The molecule has 2 rings (SSSR count). The van der Waals surface area contributed by atoms with Crippen molar-refractivity contribution < 1.29 is 18.4 Å². The highest BCUT2D eigenvalue weighted by atomic mass is 19.1. The Balaban J connectivity index is 2.19. The number of aromatic nitrogens is 2. The number of nitrogens with zero attached hydrogens (tertiary/aromatic N) is 2. The van der Waals surface area contributed by atoms with Gasteiger partial charge in [0.15, 0.2) is 5.82 Å². The molecule has 0 saturated heterocycles. The zero-order valence-corrected chi connectivity index (χ0v) is 9.02. The van der Waals surface area contributed by atoms with E-state index in [1.54, 1.807) is 0 Å². The predicted molar refractivity (Wildman–Crippen MR) is 54.1 cm³/mol. The number of benzene rings is 1. The third-order valence-corrected chi connectivity index (χ3v) is 2.13. The maximum absolute atomic E-state index is 12.9. The zero-order valence-electron chi connectivity index (χ0n) is 9.02. The molecule has 0 unspecified atom stereocenters. The van der Waals surface area contributed by atoms with Crippen LogP contribution in [0.5, 0.6) is 0 Å². The second-order valence-electron chi connectivity index (χ2n) is 3.68. The Kier molecular flexibility index (Phi) is 3.14. The van der Waals surface area contributed by atoms with Gasteiger partial charge in [0.25, 0.3) is 5.89 Å². The molecule has 90 valence electrons. The first-order chi connectivity index (χ1) is 8.04.